The number of phenolic OH excluding ortho intramolecular Hbond substituents is 4. The highest BCUT2D eigenvalue weighted by Crippen LogP contribution is 2.26. The molecular weight excluding hydrogens is 368 g/mol. The Morgan fingerprint density at radius 3 is 2.21 bits per heavy atom. The molecule has 2 aromatic rings. The van der Waals surface area contributed by atoms with Crippen LogP contribution in [0.2, 0.25) is 0 Å². The van der Waals surface area contributed by atoms with Crippen LogP contribution in [0.5, 0.6) is 23.0 Å². The van der Waals surface area contributed by atoms with Crippen molar-refractivity contribution in [2.24, 2.45) is 0 Å². The van der Waals surface area contributed by atoms with E-state index in [0.29, 0.717) is 11.1 Å². The number of ether oxygens (including phenoxy) is 2. The van der Waals surface area contributed by atoms with Gasteiger partial charge < -0.3 is 29.9 Å². The highest BCUT2D eigenvalue weighted by atomic mass is 16.6. The summed E-state index contributed by atoms with van der Waals surface area (Å²) in [4.78, 5) is 24.2. The summed E-state index contributed by atoms with van der Waals surface area (Å²) in [7, 11) is 0. The molecule has 0 saturated carbocycles. The Hall–Kier alpha value is -3.68. The van der Waals surface area contributed by atoms with Crippen molar-refractivity contribution in [3.05, 3.63) is 53.6 Å². The number of aromatic hydroxyl groups is 4. The molecule has 0 spiro atoms. The lowest BCUT2D eigenvalue weighted by atomic mass is 10.1. The van der Waals surface area contributed by atoms with Gasteiger partial charge in [0.2, 0.25) is 6.10 Å². The van der Waals surface area contributed by atoms with Gasteiger partial charge in [-0.1, -0.05) is 12.1 Å². The maximum absolute atomic E-state index is 12.1. The number of carbonyl (C=O) groups is 2. The molecule has 2 aromatic carbocycles. The summed E-state index contributed by atoms with van der Waals surface area (Å²) in [5.41, 5.74) is 0.886. The van der Waals surface area contributed by atoms with E-state index in [9.17, 15) is 30.0 Å². The first-order chi connectivity index (χ1) is 13.3. The Labute approximate surface area is 160 Å². The Balaban J connectivity index is 2.11. The summed E-state index contributed by atoms with van der Waals surface area (Å²) in [6.45, 7) is 1.71. The maximum Gasteiger partial charge on any atom is 0.347 e. The van der Waals surface area contributed by atoms with Gasteiger partial charge in [-0.25, -0.2) is 9.59 Å². The van der Waals surface area contributed by atoms with E-state index in [1.165, 1.54) is 42.5 Å². The lowest BCUT2D eigenvalue weighted by Crippen LogP contribution is -2.30. The van der Waals surface area contributed by atoms with Crippen LogP contribution in [0.4, 0.5) is 0 Å². The van der Waals surface area contributed by atoms with Gasteiger partial charge >= 0.3 is 11.9 Å². The fraction of sp³-hybridized carbons (Fsp3) is 0.200. The second-order valence-electron chi connectivity index (χ2n) is 5.79. The minimum atomic E-state index is -1.26. The first-order valence-electron chi connectivity index (χ1n) is 8.38. The van der Waals surface area contributed by atoms with Gasteiger partial charge in [-0.3, -0.25) is 0 Å². The van der Waals surface area contributed by atoms with Gasteiger partial charge in [-0.05, 0) is 48.4 Å². The Morgan fingerprint density at radius 2 is 1.61 bits per heavy atom. The third-order valence-corrected chi connectivity index (χ3v) is 3.68. The molecular formula is C20H20O8. The largest absolute Gasteiger partial charge is 0.504 e. The van der Waals surface area contributed by atoms with Crippen molar-refractivity contribution in [3.8, 4) is 23.0 Å². The van der Waals surface area contributed by atoms with E-state index in [1.54, 1.807) is 6.92 Å². The van der Waals surface area contributed by atoms with E-state index < -0.39 is 18.0 Å². The van der Waals surface area contributed by atoms with E-state index in [0.717, 1.165) is 6.08 Å². The van der Waals surface area contributed by atoms with Gasteiger partial charge in [0.05, 0.1) is 6.61 Å². The quantitative estimate of drug-likeness (QED) is 0.322. The van der Waals surface area contributed by atoms with Crippen LogP contribution in [-0.4, -0.2) is 45.1 Å². The first kappa shape index (κ1) is 20.6. The molecule has 4 N–H and O–H groups in total. The molecule has 0 aliphatic carbocycles. The standard InChI is InChI=1S/C20H20O8/c1-2-27-20(26)18(11-13-4-7-15(22)17(24)10-13)28-19(25)8-5-12-3-6-14(21)16(23)9-12/h3-10,18,21-24H,2,11H2,1H3/b8-5+/t18-/m1/s1. The van der Waals surface area contributed by atoms with Gasteiger partial charge in [0, 0.05) is 12.5 Å². The Bertz CT molecular complexity index is 888. The van der Waals surface area contributed by atoms with Crippen molar-refractivity contribution < 1.29 is 39.5 Å². The van der Waals surface area contributed by atoms with Gasteiger partial charge in [-0.15, -0.1) is 0 Å². The predicted molar refractivity (Wildman–Crippen MR) is 98.8 cm³/mol. The lowest BCUT2D eigenvalue weighted by Gasteiger charge is -2.16. The van der Waals surface area contributed by atoms with E-state index >= 15 is 0 Å². The van der Waals surface area contributed by atoms with Crippen LogP contribution >= 0.6 is 0 Å². The summed E-state index contributed by atoms with van der Waals surface area (Å²) < 4.78 is 10.1. The van der Waals surface area contributed by atoms with Crippen LogP contribution in [0, 0.1) is 0 Å². The second-order valence-corrected chi connectivity index (χ2v) is 5.79. The third-order valence-electron chi connectivity index (χ3n) is 3.68. The highest BCUT2D eigenvalue weighted by molar-refractivity contribution is 5.89. The van der Waals surface area contributed by atoms with Crippen LogP contribution in [0.1, 0.15) is 18.1 Å². The summed E-state index contributed by atoms with van der Waals surface area (Å²) in [5.74, 6) is -2.88. The second kappa shape index (κ2) is 9.31. The zero-order chi connectivity index (χ0) is 20.7. The highest BCUT2D eigenvalue weighted by Gasteiger charge is 2.24. The summed E-state index contributed by atoms with van der Waals surface area (Å²) in [5, 5.41) is 37.7. The molecule has 0 aliphatic rings. The third kappa shape index (κ3) is 5.66. The monoisotopic (exact) mass is 388 g/mol. The van der Waals surface area contributed by atoms with E-state index in [2.05, 4.69) is 0 Å². The average molecular weight is 388 g/mol. The number of carbonyl (C=O) groups excluding carboxylic acids is 2. The van der Waals surface area contributed by atoms with Crippen LogP contribution < -0.4 is 0 Å². The number of rotatable bonds is 7. The fourth-order valence-electron chi connectivity index (χ4n) is 2.31. The molecule has 0 bridgehead atoms. The fourth-order valence-corrected chi connectivity index (χ4v) is 2.31. The van der Waals surface area contributed by atoms with Crippen molar-refractivity contribution in [2.75, 3.05) is 6.61 Å². The number of esters is 2. The van der Waals surface area contributed by atoms with Crippen LogP contribution in [-0.2, 0) is 25.5 Å². The maximum atomic E-state index is 12.1. The number of hydrogen-bond acceptors (Lipinski definition) is 8. The molecule has 0 amide bonds. The number of hydrogen-bond donors (Lipinski definition) is 4. The first-order valence-corrected chi connectivity index (χ1v) is 8.38. The van der Waals surface area contributed by atoms with Crippen molar-refractivity contribution in [1.29, 1.82) is 0 Å². The molecule has 2 rings (SSSR count). The molecule has 0 fully saturated rings. The molecule has 8 nitrogen and oxygen atoms in total. The van der Waals surface area contributed by atoms with Gasteiger partial charge in [0.15, 0.2) is 23.0 Å². The van der Waals surface area contributed by atoms with Gasteiger partial charge in [0.25, 0.3) is 0 Å². The zero-order valence-electron chi connectivity index (χ0n) is 15.0. The summed E-state index contributed by atoms with van der Waals surface area (Å²) >= 11 is 0. The number of benzene rings is 2. The molecule has 28 heavy (non-hydrogen) atoms. The van der Waals surface area contributed by atoms with E-state index in [-0.39, 0.29) is 36.0 Å². The van der Waals surface area contributed by atoms with Gasteiger partial charge in [-0.2, -0.15) is 0 Å². The van der Waals surface area contributed by atoms with Crippen LogP contribution in [0.15, 0.2) is 42.5 Å². The molecule has 0 aliphatic heterocycles. The number of phenols is 4. The topological polar surface area (TPSA) is 134 Å². The van der Waals surface area contributed by atoms with E-state index in [1.807, 2.05) is 0 Å². The van der Waals surface area contributed by atoms with Crippen molar-refractivity contribution in [1.82, 2.24) is 0 Å². The van der Waals surface area contributed by atoms with Gasteiger partial charge in [0.1, 0.15) is 0 Å². The smallest absolute Gasteiger partial charge is 0.347 e. The minimum absolute atomic E-state index is 0.0632. The lowest BCUT2D eigenvalue weighted by molar-refractivity contribution is -0.164. The molecule has 0 aromatic heterocycles. The van der Waals surface area contributed by atoms with Crippen LogP contribution in [0.3, 0.4) is 0 Å². The molecule has 0 heterocycles. The molecule has 0 unspecified atom stereocenters. The normalized spacial score (nSPS) is 11.9. The molecule has 8 heteroatoms. The zero-order valence-corrected chi connectivity index (χ0v) is 15.0. The summed E-state index contributed by atoms with van der Waals surface area (Å²) in [6.07, 6.45) is 1.09. The minimum Gasteiger partial charge on any atom is -0.504 e. The summed E-state index contributed by atoms with van der Waals surface area (Å²) in [6, 6.07) is 7.97. The van der Waals surface area contributed by atoms with Crippen molar-refractivity contribution in [3.63, 3.8) is 0 Å². The SMILES string of the molecule is CCOC(=O)[C@@H](Cc1ccc(O)c(O)c1)OC(=O)/C=C/c1ccc(O)c(O)c1. The van der Waals surface area contributed by atoms with E-state index in [4.69, 9.17) is 9.47 Å². The van der Waals surface area contributed by atoms with Crippen LogP contribution in [0.25, 0.3) is 6.08 Å². The molecule has 1 atom stereocenters. The molecule has 0 saturated heterocycles. The average Bonchev–Trinajstić information content (AvgIpc) is 2.65. The Morgan fingerprint density at radius 1 is 0.964 bits per heavy atom. The predicted octanol–water partition coefficient (Wildman–Crippen LogP) is 2.24. The molecule has 0 radical (unpaired) electrons. The van der Waals surface area contributed by atoms with Crippen molar-refractivity contribution in [2.45, 2.75) is 19.4 Å². The Kier molecular flexibility index (Phi) is 6.86. The van der Waals surface area contributed by atoms with Crippen molar-refractivity contribution >= 4 is 18.0 Å². The molecule has 148 valence electrons.